The van der Waals surface area contributed by atoms with Gasteiger partial charge >= 0.3 is 0 Å². The lowest BCUT2D eigenvalue weighted by Gasteiger charge is -2.35. The van der Waals surface area contributed by atoms with Gasteiger partial charge in [0.25, 0.3) is 0 Å². The van der Waals surface area contributed by atoms with Crippen LogP contribution in [0.15, 0.2) is 48.5 Å². The first kappa shape index (κ1) is 26.0. The first-order chi connectivity index (χ1) is 18.5. The Bertz CT molecular complexity index is 1340. The van der Waals surface area contributed by atoms with E-state index in [9.17, 15) is 0 Å². The summed E-state index contributed by atoms with van der Waals surface area (Å²) in [6.45, 7) is 6.14. The molecule has 0 spiro atoms. The number of fused-ring (bicyclic) bond motifs is 1. The van der Waals surface area contributed by atoms with Crippen molar-refractivity contribution >= 4 is 34.4 Å². The van der Waals surface area contributed by atoms with Gasteiger partial charge in [-0.05, 0) is 38.4 Å². The second-order valence-corrected chi connectivity index (χ2v) is 9.88. The lowest BCUT2D eigenvalue weighted by Crippen LogP contribution is -2.48. The lowest BCUT2D eigenvalue weighted by molar-refractivity contribution is 0.228. The van der Waals surface area contributed by atoms with Crippen molar-refractivity contribution in [3.8, 4) is 17.4 Å². The maximum atomic E-state index is 6.44. The number of imidazole rings is 1. The monoisotopic (exact) mass is 536 g/mol. The Morgan fingerprint density at radius 3 is 2.58 bits per heavy atom. The number of benzene rings is 2. The molecule has 200 valence electrons. The molecule has 1 fully saturated rings. The normalized spacial score (nSPS) is 14.3. The molecule has 10 nitrogen and oxygen atoms in total. The fraction of sp³-hybridized carbons (Fsp3) is 0.370. The van der Waals surface area contributed by atoms with Crippen molar-refractivity contribution in [1.29, 1.82) is 0 Å². The zero-order valence-electron chi connectivity index (χ0n) is 21.9. The van der Waals surface area contributed by atoms with Crippen LogP contribution in [0.2, 0.25) is 5.02 Å². The molecule has 2 aromatic carbocycles. The molecule has 2 aromatic heterocycles. The van der Waals surface area contributed by atoms with E-state index >= 15 is 0 Å². The number of piperazine rings is 1. The van der Waals surface area contributed by atoms with Crippen LogP contribution < -0.4 is 19.7 Å². The first-order valence-corrected chi connectivity index (χ1v) is 13.0. The number of aromatic amines is 1. The minimum absolute atomic E-state index is 0.407. The van der Waals surface area contributed by atoms with Crippen LogP contribution in [0, 0.1) is 0 Å². The van der Waals surface area contributed by atoms with Gasteiger partial charge in [-0.25, -0.2) is 4.98 Å². The van der Waals surface area contributed by atoms with Crippen LogP contribution in [-0.4, -0.2) is 90.2 Å². The molecular formula is C27H33ClN8O2. The second kappa shape index (κ2) is 11.8. The zero-order chi connectivity index (χ0) is 26.5. The van der Waals surface area contributed by atoms with Crippen LogP contribution >= 0.6 is 11.6 Å². The maximum absolute atomic E-state index is 6.44. The number of H-pyrrole nitrogens is 1. The van der Waals surface area contributed by atoms with Crippen LogP contribution in [0.3, 0.4) is 0 Å². The van der Waals surface area contributed by atoms with E-state index in [0.717, 1.165) is 56.1 Å². The van der Waals surface area contributed by atoms with Crippen LogP contribution in [0.25, 0.3) is 11.0 Å². The van der Waals surface area contributed by atoms with Crippen molar-refractivity contribution in [2.45, 2.75) is 6.54 Å². The molecule has 1 aliphatic heterocycles. The van der Waals surface area contributed by atoms with E-state index in [0.29, 0.717) is 40.7 Å². The fourth-order valence-corrected chi connectivity index (χ4v) is 4.49. The lowest BCUT2D eigenvalue weighted by atomic mass is 10.3. The Balaban J connectivity index is 1.35. The molecule has 0 unspecified atom stereocenters. The van der Waals surface area contributed by atoms with E-state index in [1.165, 1.54) is 0 Å². The van der Waals surface area contributed by atoms with Crippen molar-refractivity contribution in [2.24, 2.45) is 0 Å². The van der Waals surface area contributed by atoms with Gasteiger partial charge in [0, 0.05) is 51.4 Å². The molecule has 0 amide bonds. The smallest absolute Gasteiger partial charge is 0.230 e. The molecule has 2 N–H and O–H groups in total. The molecule has 0 bridgehead atoms. The Morgan fingerprint density at radius 1 is 1.03 bits per heavy atom. The van der Waals surface area contributed by atoms with Crippen molar-refractivity contribution in [3.05, 3.63) is 59.4 Å². The van der Waals surface area contributed by atoms with Gasteiger partial charge in [-0.15, -0.1) is 0 Å². The Kier molecular flexibility index (Phi) is 8.11. The first-order valence-electron chi connectivity index (χ1n) is 12.7. The van der Waals surface area contributed by atoms with Gasteiger partial charge in [-0.1, -0.05) is 23.7 Å². The van der Waals surface area contributed by atoms with Gasteiger partial charge in [-0.3, -0.25) is 4.90 Å². The largest absolute Gasteiger partial charge is 0.497 e. The molecule has 0 saturated carbocycles. The number of halogens is 1. The number of anilines is 2. The predicted molar refractivity (Wildman–Crippen MR) is 151 cm³/mol. The third-order valence-corrected chi connectivity index (χ3v) is 6.73. The quantitative estimate of drug-likeness (QED) is 0.310. The molecule has 0 atom stereocenters. The fourth-order valence-electron chi connectivity index (χ4n) is 4.28. The minimum Gasteiger partial charge on any atom is -0.497 e. The highest BCUT2D eigenvalue weighted by Crippen LogP contribution is 2.33. The molecule has 38 heavy (non-hydrogen) atoms. The number of nitrogens with one attached hydrogen (secondary N) is 2. The van der Waals surface area contributed by atoms with Gasteiger partial charge in [0.2, 0.25) is 11.8 Å². The van der Waals surface area contributed by atoms with Crippen LogP contribution in [0.4, 0.5) is 11.8 Å². The number of rotatable bonds is 10. The van der Waals surface area contributed by atoms with E-state index in [1.54, 1.807) is 31.4 Å². The number of likely N-dealkylation sites (N-methyl/N-ethyl adjacent to an activating group) is 1. The summed E-state index contributed by atoms with van der Waals surface area (Å²) in [5.41, 5.74) is 1.93. The van der Waals surface area contributed by atoms with Gasteiger partial charge in [0.05, 0.1) is 29.7 Å². The highest BCUT2D eigenvalue weighted by atomic mass is 35.5. The van der Waals surface area contributed by atoms with Gasteiger partial charge < -0.3 is 29.6 Å². The average Bonchev–Trinajstić information content (AvgIpc) is 3.35. The summed E-state index contributed by atoms with van der Waals surface area (Å²) >= 11 is 6.44. The summed E-state index contributed by atoms with van der Waals surface area (Å²) in [7, 11) is 5.80. The molecule has 0 radical (unpaired) electrons. The standard InChI is InChI=1S/C27H33ClN8O2/c1-34(2)10-11-35-12-14-36(15-13-35)27-32-24(29-18-25-30-21-6-4-5-7-22(21)31-25)17-26(33-27)38-23-9-8-19(37-3)16-20(23)28/h4-9,16-17H,10-15,18H2,1-3H3,(H,30,31)(H,29,32,33). The number of aromatic nitrogens is 4. The number of para-hydroxylation sites is 2. The maximum Gasteiger partial charge on any atom is 0.230 e. The molecule has 1 saturated heterocycles. The third-order valence-electron chi connectivity index (χ3n) is 6.44. The van der Waals surface area contributed by atoms with E-state index in [2.05, 4.69) is 44.1 Å². The molecule has 1 aliphatic rings. The van der Waals surface area contributed by atoms with E-state index < -0.39 is 0 Å². The number of nitrogens with zero attached hydrogens (tertiary/aromatic N) is 6. The van der Waals surface area contributed by atoms with E-state index in [1.807, 2.05) is 24.3 Å². The molecule has 3 heterocycles. The molecule has 0 aliphatic carbocycles. The molecule has 5 rings (SSSR count). The van der Waals surface area contributed by atoms with E-state index in [-0.39, 0.29) is 0 Å². The third kappa shape index (κ3) is 6.45. The van der Waals surface area contributed by atoms with Crippen LogP contribution in [0.1, 0.15) is 5.82 Å². The molecule has 4 aromatic rings. The Hall–Kier alpha value is -3.60. The number of hydrogen-bond donors (Lipinski definition) is 2. The summed E-state index contributed by atoms with van der Waals surface area (Å²) < 4.78 is 11.4. The zero-order valence-corrected chi connectivity index (χ0v) is 22.7. The number of methoxy groups -OCH3 is 1. The SMILES string of the molecule is COc1ccc(Oc2cc(NCc3nc4ccccc4[nH]3)nc(N3CCN(CCN(C)C)CC3)n2)c(Cl)c1. The van der Waals surface area contributed by atoms with Gasteiger partial charge in [-0.2, -0.15) is 9.97 Å². The summed E-state index contributed by atoms with van der Waals surface area (Å²) in [5, 5.41) is 3.82. The summed E-state index contributed by atoms with van der Waals surface area (Å²) in [5.74, 6) is 3.64. The second-order valence-electron chi connectivity index (χ2n) is 9.48. The highest BCUT2D eigenvalue weighted by Gasteiger charge is 2.21. The van der Waals surface area contributed by atoms with E-state index in [4.69, 9.17) is 31.0 Å². The number of hydrogen-bond acceptors (Lipinski definition) is 9. The summed E-state index contributed by atoms with van der Waals surface area (Å²) in [6.07, 6.45) is 0. The summed E-state index contributed by atoms with van der Waals surface area (Å²) in [6, 6.07) is 15.0. The van der Waals surface area contributed by atoms with Crippen molar-refractivity contribution in [2.75, 3.05) is 70.7 Å². The highest BCUT2D eigenvalue weighted by molar-refractivity contribution is 6.32. The Labute approximate surface area is 227 Å². The van der Waals surface area contributed by atoms with Gasteiger partial charge in [0.15, 0.2) is 0 Å². The topological polar surface area (TPSA) is 94.7 Å². The van der Waals surface area contributed by atoms with Gasteiger partial charge in [0.1, 0.15) is 23.1 Å². The molecule has 11 heteroatoms. The molecular weight excluding hydrogens is 504 g/mol. The predicted octanol–water partition coefficient (Wildman–Crippen LogP) is 4.10. The summed E-state index contributed by atoms with van der Waals surface area (Å²) in [4.78, 5) is 24.4. The average molecular weight is 537 g/mol. The van der Waals surface area contributed by atoms with Crippen molar-refractivity contribution < 1.29 is 9.47 Å². The Morgan fingerprint density at radius 2 is 1.84 bits per heavy atom. The van der Waals surface area contributed by atoms with Crippen molar-refractivity contribution in [3.63, 3.8) is 0 Å². The van der Waals surface area contributed by atoms with Crippen LogP contribution in [-0.2, 0) is 6.54 Å². The minimum atomic E-state index is 0.407. The van der Waals surface area contributed by atoms with Crippen LogP contribution in [0.5, 0.6) is 17.4 Å². The number of ether oxygens (including phenoxy) is 2. The van der Waals surface area contributed by atoms with Crippen molar-refractivity contribution in [1.82, 2.24) is 29.7 Å².